The Kier molecular flexibility index (Phi) is 9.98. The maximum Gasteiger partial charge on any atom is 0.332 e. The Hall–Kier alpha value is -4.41. The van der Waals surface area contributed by atoms with Crippen molar-refractivity contribution in [3.05, 3.63) is 131 Å². The van der Waals surface area contributed by atoms with E-state index in [-0.39, 0.29) is 19.0 Å². The molecule has 0 fully saturated rings. The predicted octanol–water partition coefficient (Wildman–Crippen LogP) is 7.81. The van der Waals surface area contributed by atoms with Gasteiger partial charge in [0.2, 0.25) is 5.88 Å². The standard InChI is InChI=1S/C36H42N2O6SSi/c1-27-11-18-34(43-26-29-12-15-32(42-2)16-13-29)31(21-27)22-30-14-17-33(35(23-30)44-25-28-9-7-6-8-10-28)38-24-36(39)37(45(38,40)41)19-20-46(3,4)5/h6-18,21,23-24,39H,19-20,22,25-26H2,1-5H3. The minimum atomic E-state index is -4.04. The van der Waals surface area contributed by atoms with Gasteiger partial charge in [-0.3, -0.25) is 0 Å². The van der Waals surface area contributed by atoms with Crippen molar-refractivity contribution in [1.82, 2.24) is 4.31 Å². The average molecular weight is 659 g/mol. The van der Waals surface area contributed by atoms with Gasteiger partial charge in [-0.2, -0.15) is 8.42 Å². The maximum atomic E-state index is 13.7. The van der Waals surface area contributed by atoms with Crippen molar-refractivity contribution in [1.29, 1.82) is 0 Å². The average Bonchev–Trinajstić information content (AvgIpc) is 3.25. The van der Waals surface area contributed by atoms with Crippen LogP contribution in [0.25, 0.3) is 0 Å². The van der Waals surface area contributed by atoms with Crippen LogP contribution in [0.2, 0.25) is 25.7 Å². The first-order chi connectivity index (χ1) is 21.9. The number of methoxy groups -OCH3 is 1. The molecular formula is C36H42N2O6SSi. The van der Waals surface area contributed by atoms with Crippen LogP contribution in [0, 0.1) is 6.92 Å². The number of anilines is 1. The van der Waals surface area contributed by atoms with Gasteiger partial charge in [-0.15, -0.1) is 0 Å². The van der Waals surface area contributed by atoms with Crippen molar-refractivity contribution in [3.63, 3.8) is 0 Å². The highest BCUT2D eigenvalue weighted by atomic mass is 32.2. The molecule has 10 heteroatoms. The van der Waals surface area contributed by atoms with Crippen molar-refractivity contribution in [2.24, 2.45) is 0 Å². The van der Waals surface area contributed by atoms with E-state index in [4.69, 9.17) is 14.2 Å². The Morgan fingerprint density at radius 1 is 0.783 bits per heavy atom. The number of aliphatic hydroxyl groups is 1. The molecule has 0 saturated heterocycles. The summed E-state index contributed by atoms with van der Waals surface area (Å²) in [5, 5.41) is 10.7. The third-order valence-corrected chi connectivity index (χ3v) is 11.2. The molecule has 1 N–H and O–H groups in total. The summed E-state index contributed by atoms with van der Waals surface area (Å²) >= 11 is 0. The van der Waals surface area contributed by atoms with Gasteiger partial charge in [-0.05, 0) is 65.6 Å². The van der Waals surface area contributed by atoms with Gasteiger partial charge in [0, 0.05) is 21.0 Å². The van der Waals surface area contributed by atoms with Crippen molar-refractivity contribution >= 4 is 24.0 Å². The van der Waals surface area contributed by atoms with Gasteiger partial charge >= 0.3 is 10.2 Å². The maximum absolute atomic E-state index is 13.7. The lowest BCUT2D eigenvalue weighted by Gasteiger charge is -2.25. The molecule has 8 nitrogen and oxygen atoms in total. The second kappa shape index (κ2) is 13.9. The Balaban J connectivity index is 1.43. The van der Waals surface area contributed by atoms with Crippen LogP contribution in [0.3, 0.4) is 0 Å². The van der Waals surface area contributed by atoms with Crippen LogP contribution in [0.5, 0.6) is 17.2 Å². The molecular weight excluding hydrogens is 617 g/mol. The largest absolute Gasteiger partial charge is 0.497 e. The smallest absolute Gasteiger partial charge is 0.332 e. The molecule has 0 unspecified atom stereocenters. The Morgan fingerprint density at radius 2 is 1.43 bits per heavy atom. The number of nitrogens with zero attached hydrogens (tertiary/aromatic N) is 2. The van der Waals surface area contributed by atoms with Gasteiger partial charge in [0.05, 0.1) is 13.3 Å². The predicted molar refractivity (Wildman–Crippen MR) is 185 cm³/mol. The molecule has 5 rings (SSSR count). The van der Waals surface area contributed by atoms with E-state index in [0.29, 0.717) is 30.5 Å². The van der Waals surface area contributed by atoms with E-state index in [9.17, 15) is 13.5 Å². The molecule has 0 atom stereocenters. The van der Waals surface area contributed by atoms with Gasteiger partial charge in [0.25, 0.3) is 0 Å². The van der Waals surface area contributed by atoms with Crippen LogP contribution in [-0.2, 0) is 29.8 Å². The van der Waals surface area contributed by atoms with Gasteiger partial charge < -0.3 is 19.3 Å². The van der Waals surface area contributed by atoms with E-state index in [1.165, 1.54) is 6.20 Å². The highest BCUT2D eigenvalue weighted by Gasteiger charge is 2.39. The first-order valence-corrected chi connectivity index (χ1v) is 20.4. The van der Waals surface area contributed by atoms with Crippen molar-refractivity contribution in [3.8, 4) is 17.2 Å². The summed E-state index contributed by atoms with van der Waals surface area (Å²) in [7, 11) is -3.96. The lowest BCUT2D eigenvalue weighted by molar-refractivity contribution is 0.294. The zero-order chi connectivity index (χ0) is 32.9. The topological polar surface area (TPSA) is 88.5 Å². The highest BCUT2D eigenvalue weighted by molar-refractivity contribution is 7.91. The first kappa shape index (κ1) is 33.0. The molecule has 1 aliphatic heterocycles. The Morgan fingerprint density at radius 3 is 2.11 bits per heavy atom. The van der Waals surface area contributed by atoms with E-state index < -0.39 is 18.3 Å². The summed E-state index contributed by atoms with van der Waals surface area (Å²) in [6, 6.07) is 29.8. The summed E-state index contributed by atoms with van der Waals surface area (Å²) in [4.78, 5) is 0. The van der Waals surface area contributed by atoms with Crippen LogP contribution in [0.4, 0.5) is 5.69 Å². The van der Waals surface area contributed by atoms with E-state index >= 15 is 0 Å². The molecule has 0 spiro atoms. The zero-order valence-electron chi connectivity index (χ0n) is 27.1. The van der Waals surface area contributed by atoms with Gasteiger partial charge in [0.15, 0.2) is 0 Å². The van der Waals surface area contributed by atoms with Crippen molar-refractivity contribution < 1.29 is 27.7 Å². The van der Waals surface area contributed by atoms with Crippen LogP contribution >= 0.6 is 0 Å². The molecule has 4 aromatic rings. The van der Waals surface area contributed by atoms with Crippen LogP contribution < -0.4 is 18.5 Å². The first-order valence-electron chi connectivity index (χ1n) is 15.3. The molecule has 0 bridgehead atoms. The fraction of sp³-hybridized carbons (Fsp3) is 0.278. The van der Waals surface area contributed by atoms with Gasteiger partial charge in [0.1, 0.15) is 36.1 Å². The normalized spacial score (nSPS) is 14.2. The number of rotatable bonds is 13. The fourth-order valence-electron chi connectivity index (χ4n) is 5.11. The summed E-state index contributed by atoms with van der Waals surface area (Å²) < 4.78 is 47.4. The van der Waals surface area contributed by atoms with E-state index in [0.717, 1.165) is 47.9 Å². The number of benzene rings is 4. The lowest BCUT2D eigenvalue weighted by atomic mass is 10.0. The number of hydrogen-bond acceptors (Lipinski definition) is 6. The molecule has 0 saturated carbocycles. The molecule has 4 aromatic carbocycles. The van der Waals surface area contributed by atoms with Crippen LogP contribution in [0.15, 0.2) is 103 Å². The third kappa shape index (κ3) is 8.05. The molecule has 46 heavy (non-hydrogen) atoms. The highest BCUT2D eigenvalue weighted by Crippen LogP contribution is 2.38. The molecule has 242 valence electrons. The second-order valence-electron chi connectivity index (χ2n) is 12.7. The molecule has 1 aliphatic rings. The number of aryl methyl sites for hydroxylation is 1. The number of aliphatic hydroxyl groups excluding tert-OH is 1. The van der Waals surface area contributed by atoms with Crippen LogP contribution in [-0.4, -0.2) is 39.6 Å². The van der Waals surface area contributed by atoms with Crippen molar-refractivity contribution in [2.45, 2.75) is 52.2 Å². The molecule has 0 radical (unpaired) electrons. The van der Waals surface area contributed by atoms with Crippen molar-refractivity contribution in [2.75, 3.05) is 18.0 Å². The summed E-state index contributed by atoms with van der Waals surface area (Å²) in [6.45, 7) is 9.44. The van der Waals surface area contributed by atoms with E-state index in [1.54, 1.807) is 13.2 Å². The van der Waals surface area contributed by atoms with Gasteiger partial charge in [-0.1, -0.05) is 85.9 Å². The summed E-state index contributed by atoms with van der Waals surface area (Å²) in [6.07, 6.45) is 1.80. The van der Waals surface area contributed by atoms with E-state index in [2.05, 4.69) is 25.7 Å². The number of ether oxygens (including phenoxy) is 3. The molecule has 0 amide bonds. The second-order valence-corrected chi connectivity index (χ2v) is 20.0. The quantitative estimate of drug-likeness (QED) is 0.148. The van der Waals surface area contributed by atoms with Gasteiger partial charge in [-0.25, -0.2) is 8.61 Å². The van der Waals surface area contributed by atoms with Crippen LogP contribution in [0.1, 0.15) is 27.8 Å². The molecule has 1 heterocycles. The fourth-order valence-corrected chi connectivity index (χ4v) is 7.61. The molecule has 0 aromatic heterocycles. The SMILES string of the molecule is COc1ccc(COc2ccc(C)cc2Cc2ccc(N3C=C(O)N(CC[Si](C)(C)C)S3(=O)=O)c(OCc3ccccc3)c2)cc1. The summed E-state index contributed by atoms with van der Waals surface area (Å²) in [5.74, 6) is 1.66. The minimum Gasteiger partial charge on any atom is -0.497 e. The number of hydrogen-bond donors (Lipinski definition) is 1. The Labute approximate surface area is 273 Å². The minimum absolute atomic E-state index is 0.224. The van der Waals surface area contributed by atoms with E-state index in [1.807, 2.05) is 85.8 Å². The third-order valence-electron chi connectivity index (χ3n) is 7.74. The lowest BCUT2D eigenvalue weighted by Crippen LogP contribution is -2.37. The molecule has 0 aliphatic carbocycles. The monoisotopic (exact) mass is 658 g/mol. The summed E-state index contributed by atoms with van der Waals surface area (Å²) in [5.41, 5.74) is 5.33. The Bertz CT molecular complexity index is 1790. The zero-order valence-corrected chi connectivity index (χ0v) is 28.9.